The number of H-pyrrole nitrogens is 1. The molecule has 3 aromatic rings. The smallest absolute Gasteiger partial charge is 0.290 e. The van der Waals surface area contributed by atoms with Gasteiger partial charge in [-0.2, -0.15) is 0 Å². The van der Waals surface area contributed by atoms with Gasteiger partial charge in [0.25, 0.3) is 12.4 Å². The summed E-state index contributed by atoms with van der Waals surface area (Å²) in [6.45, 7) is 4.50. The number of para-hydroxylation sites is 1. The zero-order chi connectivity index (χ0) is 22.5. The van der Waals surface area contributed by atoms with Crippen LogP contribution >= 0.6 is 0 Å². The molecule has 0 aliphatic carbocycles. The molecule has 2 aromatic heterocycles. The fourth-order valence-electron chi connectivity index (χ4n) is 3.97. The number of amides is 1. The summed E-state index contributed by atoms with van der Waals surface area (Å²) < 4.78 is 10.9. The number of nitrogens with zero attached hydrogens (tertiary/aromatic N) is 2. The number of rotatable bonds is 4. The van der Waals surface area contributed by atoms with Gasteiger partial charge in [0.05, 0.1) is 17.3 Å². The van der Waals surface area contributed by atoms with Crippen molar-refractivity contribution in [2.45, 2.75) is 26.4 Å². The number of aromatic amines is 1. The lowest BCUT2D eigenvalue weighted by molar-refractivity contribution is -0.122. The lowest BCUT2D eigenvalue weighted by Crippen LogP contribution is -2.33. The minimum atomic E-state index is -0.275. The summed E-state index contributed by atoms with van der Waals surface area (Å²) in [6, 6.07) is 7.40. The second-order valence-electron chi connectivity index (χ2n) is 7.52. The Morgan fingerprint density at radius 3 is 2.77 bits per heavy atom. The van der Waals surface area contributed by atoms with Crippen molar-refractivity contribution in [1.29, 1.82) is 0 Å². The molecule has 2 N–H and O–H groups in total. The second kappa shape index (κ2) is 9.57. The normalized spacial score (nSPS) is 18.0. The molecule has 1 amide bonds. The monoisotopic (exact) mass is 427 g/mol. The molecule has 0 unspecified atom stereocenters. The first-order valence-corrected chi connectivity index (χ1v) is 9.82. The van der Waals surface area contributed by atoms with Gasteiger partial charge in [-0.1, -0.05) is 17.3 Å². The van der Waals surface area contributed by atoms with Crippen molar-refractivity contribution in [1.82, 2.24) is 15.0 Å². The molecule has 0 saturated carbocycles. The molecule has 31 heavy (non-hydrogen) atoms. The molecule has 1 saturated heterocycles. The fraction of sp³-hybridized carbons (Fsp3) is 0.364. The van der Waals surface area contributed by atoms with E-state index in [9.17, 15) is 9.59 Å². The summed E-state index contributed by atoms with van der Waals surface area (Å²) in [5.74, 6) is 0.587. The average Bonchev–Trinajstić information content (AvgIpc) is 3.35. The van der Waals surface area contributed by atoms with Gasteiger partial charge >= 0.3 is 0 Å². The highest BCUT2D eigenvalue weighted by atomic mass is 16.5. The van der Waals surface area contributed by atoms with Gasteiger partial charge in [-0.05, 0) is 25.5 Å². The van der Waals surface area contributed by atoms with Crippen molar-refractivity contribution in [3.63, 3.8) is 0 Å². The van der Waals surface area contributed by atoms with Crippen LogP contribution in [0, 0.1) is 19.8 Å². The van der Waals surface area contributed by atoms with Gasteiger partial charge in [-0.25, -0.2) is 0 Å². The van der Waals surface area contributed by atoms with E-state index in [2.05, 4.69) is 10.1 Å². The number of carboxylic acid groups (broad SMARTS) is 1. The molecule has 0 spiro atoms. The largest absolute Gasteiger partial charge is 0.483 e. The molecule has 1 aromatic carbocycles. The van der Waals surface area contributed by atoms with Crippen LogP contribution in [0.2, 0.25) is 0 Å². The van der Waals surface area contributed by atoms with Gasteiger partial charge in [-0.15, -0.1) is 0 Å². The van der Waals surface area contributed by atoms with E-state index in [4.69, 9.17) is 19.2 Å². The third-order valence-corrected chi connectivity index (χ3v) is 5.46. The first-order valence-electron chi connectivity index (χ1n) is 9.82. The van der Waals surface area contributed by atoms with Gasteiger partial charge in [0.1, 0.15) is 11.3 Å². The quantitative estimate of drug-likeness (QED) is 0.611. The number of likely N-dealkylation sites (tertiary alicyclic amines) is 1. The van der Waals surface area contributed by atoms with Crippen LogP contribution in [0.3, 0.4) is 0 Å². The summed E-state index contributed by atoms with van der Waals surface area (Å²) in [5, 5.41) is 11.3. The molecular formula is C22H25N3O6. The van der Waals surface area contributed by atoms with Gasteiger partial charge in [0.2, 0.25) is 5.43 Å². The molecule has 1 aliphatic rings. The molecule has 1 aliphatic heterocycles. The van der Waals surface area contributed by atoms with Gasteiger partial charge in [0.15, 0.2) is 0 Å². The van der Waals surface area contributed by atoms with E-state index in [1.165, 1.54) is 6.20 Å². The molecule has 1 fully saturated rings. The van der Waals surface area contributed by atoms with Crippen molar-refractivity contribution in [3.8, 4) is 0 Å². The van der Waals surface area contributed by atoms with E-state index in [1.807, 2.05) is 32.0 Å². The van der Waals surface area contributed by atoms with E-state index in [0.717, 1.165) is 22.5 Å². The summed E-state index contributed by atoms with van der Waals surface area (Å²) in [7, 11) is 1.64. The summed E-state index contributed by atoms with van der Waals surface area (Å²) in [4.78, 5) is 39.1. The number of benzene rings is 1. The van der Waals surface area contributed by atoms with Gasteiger partial charge < -0.3 is 24.3 Å². The average molecular weight is 427 g/mol. The molecule has 3 heterocycles. The zero-order valence-corrected chi connectivity index (χ0v) is 17.6. The van der Waals surface area contributed by atoms with E-state index >= 15 is 0 Å². The van der Waals surface area contributed by atoms with Crippen molar-refractivity contribution in [3.05, 3.63) is 63.3 Å². The van der Waals surface area contributed by atoms with Crippen molar-refractivity contribution < 1.29 is 24.0 Å². The predicted octanol–water partition coefficient (Wildman–Crippen LogP) is 2.16. The summed E-state index contributed by atoms with van der Waals surface area (Å²) in [5.41, 5.74) is 2.47. The summed E-state index contributed by atoms with van der Waals surface area (Å²) >= 11 is 0. The van der Waals surface area contributed by atoms with Crippen LogP contribution in [0.25, 0.3) is 10.9 Å². The van der Waals surface area contributed by atoms with E-state index in [1.54, 1.807) is 18.1 Å². The minimum absolute atomic E-state index is 0.0862. The Morgan fingerprint density at radius 2 is 2.13 bits per heavy atom. The van der Waals surface area contributed by atoms with E-state index < -0.39 is 0 Å². The highest BCUT2D eigenvalue weighted by Crippen LogP contribution is 2.25. The van der Waals surface area contributed by atoms with Crippen LogP contribution in [0.1, 0.15) is 27.4 Å². The Morgan fingerprint density at radius 1 is 1.39 bits per heavy atom. The number of hydrogen-bond donors (Lipinski definition) is 2. The first-order chi connectivity index (χ1) is 14.9. The Kier molecular flexibility index (Phi) is 6.86. The van der Waals surface area contributed by atoms with Crippen LogP contribution in [0.15, 0.2) is 39.8 Å². The predicted molar refractivity (Wildman–Crippen MR) is 113 cm³/mol. The number of aryl methyl sites for hydroxylation is 2. The number of ether oxygens (including phenoxy) is 1. The van der Waals surface area contributed by atoms with Crippen LogP contribution in [0.5, 0.6) is 0 Å². The Hall–Kier alpha value is -3.46. The van der Waals surface area contributed by atoms with Crippen LogP contribution in [-0.4, -0.2) is 58.8 Å². The van der Waals surface area contributed by atoms with Crippen LogP contribution in [-0.2, 0) is 16.0 Å². The lowest BCUT2D eigenvalue weighted by Gasteiger charge is -2.16. The van der Waals surface area contributed by atoms with Crippen molar-refractivity contribution in [2.75, 3.05) is 20.2 Å². The molecule has 0 radical (unpaired) electrons. The van der Waals surface area contributed by atoms with Gasteiger partial charge in [-0.3, -0.25) is 14.4 Å². The maximum Gasteiger partial charge on any atom is 0.290 e. The Balaban J connectivity index is 0.000000858. The number of nitrogens with one attached hydrogen (secondary N) is 1. The molecule has 9 nitrogen and oxygen atoms in total. The van der Waals surface area contributed by atoms with Gasteiger partial charge in [0, 0.05) is 50.2 Å². The lowest BCUT2D eigenvalue weighted by atomic mass is 10.0. The first kappa shape index (κ1) is 22.2. The third-order valence-electron chi connectivity index (χ3n) is 5.46. The van der Waals surface area contributed by atoms with Crippen molar-refractivity contribution in [2.24, 2.45) is 5.92 Å². The topological polar surface area (TPSA) is 126 Å². The maximum atomic E-state index is 13.1. The van der Waals surface area contributed by atoms with Crippen LogP contribution < -0.4 is 5.43 Å². The third kappa shape index (κ3) is 4.66. The molecule has 4 rings (SSSR count). The minimum Gasteiger partial charge on any atom is -0.483 e. The summed E-state index contributed by atoms with van der Waals surface area (Å²) in [6.07, 6.45) is 2.04. The number of carbonyl (C=O) groups excluding carboxylic acids is 1. The zero-order valence-electron chi connectivity index (χ0n) is 17.6. The molecule has 0 bridgehead atoms. The number of fused-ring (bicyclic) bond motifs is 1. The highest BCUT2D eigenvalue weighted by molar-refractivity contribution is 5.97. The number of carbonyl (C=O) groups is 2. The maximum absolute atomic E-state index is 13.1. The van der Waals surface area contributed by atoms with E-state index in [0.29, 0.717) is 24.9 Å². The Bertz CT molecular complexity index is 1140. The molecule has 164 valence electrons. The standard InChI is InChI=1S/C21H23N3O4.CH2O2/c1-12-5-4-6-16-19(12)22-9-17(20(16)25)21(26)24-10-14(18(11-24)27-3)8-15-7-13(2)23-28-15;2-1-3/h4-7,9,14,18H,8,10-11H2,1-3H3,(H,22,25);1H,(H,2,3)/t14-,18+;/m1./s1. The SMILES string of the molecule is CO[C@H]1CN(C(=O)c2c[nH]c3c(C)cccc3c2=O)C[C@H]1Cc1cc(C)no1.O=CO. The fourth-order valence-corrected chi connectivity index (χ4v) is 3.97. The Labute approximate surface area is 178 Å². The number of hydrogen-bond acceptors (Lipinski definition) is 6. The number of methoxy groups -OCH3 is 1. The molecular weight excluding hydrogens is 402 g/mol. The molecule has 9 heteroatoms. The van der Waals surface area contributed by atoms with Crippen LogP contribution in [0.4, 0.5) is 0 Å². The highest BCUT2D eigenvalue weighted by Gasteiger charge is 2.37. The molecule has 2 atom stereocenters. The number of pyridine rings is 1. The van der Waals surface area contributed by atoms with E-state index in [-0.39, 0.29) is 35.4 Å². The van der Waals surface area contributed by atoms with Crippen molar-refractivity contribution >= 4 is 23.3 Å². The number of aromatic nitrogens is 2. The second-order valence-corrected chi connectivity index (χ2v) is 7.52.